The summed E-state index contributed by atoms with van der Waals surface area (Å²) in [4.78, 5) is 37.4. The van der Waals surface area contributed by atoms with Gasteiger partial charge in [0.2, 0.25) is 5.91 Å². The molecule has 1 aromatic rings. The summed E-state index contributed by atoms with van der Waals surface area (Å²) in [6, 6.07) is 5.17. The Hall–Kier alpha value is -2.12. The smallest absolute Gasteiger partial charge is 0.329 e. The monoisotopic (exact) mass is 352 g/mol. The largest absolute Gasteiger partial charge is 0.350 e. The minimum absolute atomic E-state index is 0.120. The molecule has 1 aliphatic rings. The van der Waals surface area contributed by atoms with Crippen LogP contribution in [-0.2, 0) is 9.59 Å². The number of hydrogen-bond acceptors (Lipinski definition) is 4. The van der Waals surface area contributed by atoms with Gasteiger partial charge < -0.3 is 16.4 Å². The van der Waals surface area contributed by atoms with Crippen LogP contribution in [0.4, 0.5) is 10.5 Å². The first-order valence-corrected chi connectivity index (χ1v) is 8.02. The van der Waals surface area contributed by atoms with Crippen molar-refractivity contribution < 1.29 is 14.4 Å². The molecular formula is C16H21ClN4O3. The summed E-state index contributed by atoms with van der Waals surface area (Å²) in [5, 5.41) is 5.90. The van der Waals surface area contributed by atoms with E-state index in [2.05, 4.69) is 10.6 Å². The normalized spacial score (nSPS) is 17.8. The van der Waals surface area contributed by atoms with Gasteiger partial charge in [-0.2, -0.15) is 0 Å². The Morgan fingerprint density at radius 3 is 2.54 bits per heavy atom. The summed E-state index contributed by atoms with van der Waals surface area (Å²) in [6.45, 7) is 3.94. The minimum atomic E-state index is -0.722. The van der Waals surface area contributed by atoms with Crippen molar-refractivity contribution in [3.63, 3.8) is 0 Å². The molecule has 1 saturated heterocycles. The Morgan fingerprint density at radius 1 is 1.33 bits per heavy atom. The lowest BCUT2D eigenvalue weighted by atomic mass is 10.1. The molecule has 0 spiro atoms. The topological polar surface area (TPSA) is 105 Å². The van der Waals surface area contributed by atoms with Crippen molar-refractivity contribution in [2.45, 2.75) is 38.3 Å². The van der Waals surface area contributed by atoms with E-state index in [1.807, 2.05) is 13.8 Å². The van der Waals surface area contributed by atoms with Gasteiger partial charge in [-0.3, -0.25) is 9.59 Å². The molecule has 24 heavy (non-hydrogen) atoms. The molecule has 8 heteroatoms. The number of carbonyl (C=O) groups excluding carboxylic acids is 3. The second-order valence-electron chi connectivity index (χ2n) is 6.33. The van der Waals surface area contributed by atoms with Gasteiger partial charge in [0.15, 0.2) is 0 Å². The van der Waals surface area contributed by atoms with E-state index in [0.29, 0.717) is 17.3 Å². The number of nitrogens with two attached hydrogens (primary N) is 1. The van der Waals surface area contributed by atoms with Gasteiger partial charge in [-0.05, 0) is 44.5 Å². The third-order valence-electron chi connectivity index (χ3n) is 3.75. The van der Waals surface area contributed by atoms with Crippen LogP contribution in [0.15, 0.2) is 24.3 Å². The lowest BCUT2D eigenvalue weighted by Gasteiger charge is -2.24. The van der Waals surface area contributed by atoms with Crippen molar-refractivity contribution in [2.75, 3.05) is 11.4 Å². The van der Waals surface area contributed by atoms with Gasteiger partial charge in [-0.25, -0.2) is 9.69 Å². The number of urea groups is 1. The molecule has 4 N–H and O–H groups in total. The zero-order valence-electron chi connectivity index (χ0n) is 13.6. The van der Waals surface area contributed by atoms with E-state index < -0.39 is 17.6 Å². The predicted octanol–water partition coefficient (Wildman–Crippen LogP) is 1.40. The number of rotatable bonds is 6. The van der Waals surface area contributed by atoms with Crippen LogP contribution in [0.2, 0.25) is 5.02 Å². The average molecular weight is 353 g/mol. The maximum Gasteiger partial charge on any atom is 0.329 e. The lowest BCUT2D eigenvalue weighted by molar-refractivity contribution is -0.123. The van der Waals surface area contributed by atoms with Gasteiger partial charge in [-0.1, -0.05) is 11.6 Å². The predicted molar refractivity (Wildman–Crippen MR) is 91.8 cm³/mol. The van der Waals surface area contributed by atoms with Crippen LogP contribution in [0.5, 0.6) is 0 Å². The van der Waals surface area contributed by atoms with Gasteiger partial charge in [-0.15, -0.1) is 0 Å². The first-order valence-electron chi connectivity index (χ1n) is 7.64. The zero-order chi connectivity index (χ0) is 17.9. The second-order valence-corrected chi connectivity index (χ2v) is 6.76. The SMILES string of the molecule is CC(C)(CN)NC(=O)CCC1NC(=O)N(c2ccc(Cl)cc2)C1=O. The first kappa shape index (κ1) is 18.2. The van der Waals surface area contributed by atoms with E-state index >= 15 is 0 Å². The summed E-state index contributed by atoms with van der Waals surface area (Å²) in [7, 11) is 0. The molecule has 0 bridgehead atoms. The molecular weight excluding hydrogens is 332 g/mol. The molecule has 1 fully saturated rings. The lowest BCUT2D eigenvalue weighted by Crippen LogP contribution is -2.49. The van der Waals surface area contributed by atoms with Crippen LogP contribution in [0.3, 0.4) is 0 Å². The first-order chi connectivity index (χ1) is 11.2. The van der Waals surface area contributed by atoms with Gasteiger partial charge in [0, 0.05) is 23.5 Å². The third kappa shape index (κ3) is 4.24. The number of nitrogens with one attached hydrogen (secondary N) is 2. The van der Waals surface area contributed by atoms with Crippen molar-refractivity contribution >= 4 is 35.1 Å². The van der Waals surface area contributed by atoms with E-state index in [1.165, 1.54) is 0 Å². The van der Waals surface area contributed by atoms with Gasteiger partial charge in [0.1, 0.15) is 6.04 Å². The molecule has 1 aliphatic heterocycles. The molecule has 7 nitrogen and oxygen atoms in total. The molecule has 4 amide bonds. The average Bonchev–Trinajstić information content (AvgIpc) is 2.80. The molecule has 0 aromatic heterocycles. The number of carbonyl (C=O) groups is 3. The Bertz CT molecular complexity index is 645. The quantitative estimate of drug-likeness (QED) is 0.673. The number of halogens is 1. The molecule has 1 heterocycles. The Labute approximate surface area is 145 Å². The van der Waals surface area contributed by atoms with Crippen LogP contribution in [-0.4, -0.2) is 36.0 Å². The van der Waals surface area contributed by atoms with E-state index in [0.717, 1.165) is 4.90 Å². The number of amides is 4. The van der Waals surface area contributed by atoms with E-state index in [-0.39, 0.29) is 24.7 Å². The van der Waals surface area contributed by atoms with E-state index in [1.54, 1.807) is 24.3 Å². The fraction of sp³-hybridized carbons (Fsp3) is 0.438. The number of hydrogen-bond donors (Lipinski definition) is 3. The van der Waals surface area contributed by atoms with Crippen molar-refractivity contribution in [2.24, 2.45) is 5.73 Å². The summed E-state index contributed by atoms with van der Waals surface area (Å²) < 4.78 is 0. The van der Waals surface area contributed by atoms with Crippen LogP contribution in [0.25, 0.3) is 0 Å². The Balaban J connectivity index is 1.96. The molecule has 0 radical (unpaired) electrons. The van der Waals surface area contributed by atoms with Gasteiger partial charge >= 0.3 is 6.03 Å². The fourth-order valence-electron chi connectivity index (χ4n) is 2.33. The highest BCUT2D eigenvalue weighted by Gasteiger charge is 2.39. The molecule has 0 saturated carbocycles. The number of nitrogens with zero attached hydrogens (tertiary/aromatic N) is 1. The Kier molecular flexibility index (Phi) is 5.46. The maximum absolute atomic E-state index is 12.4. The van der Waals surface area contributed by atoms with E-state index in [9.17, 15) is 14.4 Å². The van der Waals surface area contributed by atoms with E-state index in [4.69, 9.17) is 17.3 Å². The standard InChI is InChI=1S/C16H21ClN4O3/c1-16(2,9-18)20-13(22)8-7-12-14(23)21(15(24)19-12)11-5-3-10(17)4-6-11/h3-6,12H,7-9,18H2,1-2H3,(H,19,24)(H,20,22). The molecule has 0 aliphatic carbocycles. The van der Waals surface area contributed by atoms with Crippen molar-refractivity contribution in [1.82, 2.24) is 10.6 Å². The van der Waals surface area contributed by atoms with Crippen molar-refractivity contribution in [1.29, 1.82) is 0 Å². The van der Waals surface area contributed by atoms with Crippen LogP contribution in [0.1, 0.15) is 26.7 Å². The molecule has 1 aromatic carbocycles. The highest BCUT2D eigenvalue weighted by molar-refractivity contribution is 6.30. The van der Waals surface area contributed by atoms with Crippen molar-refractivity contribution in [3.8, 4) is 0 Å². The fourth-order valence-corrected chi connectivity index (χ4v) is 2.45. The summed E-state index contributed by atoms with van der Waals surface area (Å²) >= 11 is 5.81. The number of benzene rings is 1. The Morgan fingerprint density at radius 2 is 1.96 bits per heavy atom. The molecule has 1 unspecified atom stereocenters. The molecule has 1 atom stereocenters. The highest BCUT2D eigenvalue weighted by atomic mass is 35.5. The van der Waals surface area contributed by atoms with Crippen LogP contribution < -0.4 is 21.3 Å². The second kappa shape index (κ2) is 7.19. The third-order valence-corrected chi connectivity index (χ3v) is 4.00. The highest BCUT2D eigenvalue weighted by Crippen LogP contribution is 2.23. The summed E-state index contributed by atoms with van der Waals surface area (Å²) in [6.07, 6.45) is 0.343. The summed E-state index contributed by atoms with van der Waals surface area (Å²) in [5.41, 5.74) is 5.50. The number of imide groups is 1. The van der Waals surface area contributed by atoms with Crippen LogP contribution >= 0.6 is 11.6 Å². The minimum Gasteiger partial charge on any atom is -0.350 e. The van der Waals surface area contributed by atoms with Crippen molar-refractivity contribution in [3.05, 3.63) is 29.3 Å². The molecule has 2 rings (SSSR count). The zero-order valence-corrected chi connectivity index (χ0v) is 14.4. The van der Waals surface area contributed by atoms with Crippen LogP contribution in [0, 0.1) is 0 Å². The van der Waals surface area contributed by atoms with Gasteiger partial charge in [0.25, 0.3) is 5.91 Å². The number of anilines is 1. The molecule has 130 valence electrons. The van der Waals surface area contributed by atoms with Gasteiger partial charge in [0.05, 0.1) is 5.69 Å². The maximum atomic E-state index is 12.4. The summed E-state index contributed by atoms with van der Waals surface area (Å²) in [5.74, 6) is -0.592.